The van der Waals surface area contributed by atoms with Gasteiger partial charge in [-0.3, -0.25) is 19.6 Å². The van der Waals surface area contributed by atoms with Crippen LogP contribution in [0.15, 0.2) is 6.07 Å². The lowest BCUT2D eigenvalue weighted by atomic mass is 10.1. The number of amides is 4. The summed E-state index contributed by atoms with van der Waals surface area (Å²) < 4.78 is 1.92. The first-order valence-electron chi connectivity index (χ1n) is 7.35. The Kier molecular flexibility index (Phi) is 5.13. The number of aromatic nitrogens is 2. The highest BCUT2D eigenvalue weighted by atomic mass is 16.2. The van der Waals surface area contributed by atoms with Crippen molar-refractivity contribution in [2.45, 2.75) is 45.7 Å². The molecule has 0 aliphatic carbocycles. The zero-order valence-electron chi connectivity index (χ0n) is 12.8. The molecule has 1 aliphatic heterocycles. The van der Waals surface area contributed by atoms with Crippen molar-refractivity contribution in [2.75, 3.05) is 6.54 Å². The third-order valence-corrected chi connectivity index (χ3v) is 3.49. The molecule has 0 radical (unpaired) electrons. The maximum absolute atomic E-state index is 11.7. The standard InChI is InChI=1S/C14H21N5O3/c1-9-8-10(2)19(18-9)7-3-6-15-12(20)5-4-11-13(21)17-14(22)16-11/h8,11H,3-7H2,1-2H3,(H,15,20)(H2,16,17,21,22). The van der Waals surface area contributed by atoms with Crippen molar-refractivity contribution in [3.05, 3.63) is 17.5 Å². The van der Waals surface area contributed by atoms with E-state index in [2.05, 4.69) is 21.0 Å². The molecule has 4 amide bonds. The molecule has 2 heterocycles. The van der Waals surface area contributed by atoms with Gasteiger partial charge in [0.25, 0.3) is 5.91 Å². The fraction of sp³-hybridized carbons (Fsp3) is 0.571. The Balaban J connectivity index is 1.61. The number of carbonyl (C=O) groups excluding carboxylic acids is 3. The van der Waals surface area contributed by atoms with Crippen LogP contribution in [0.1, 0.15) is 30.7 Å². The van der Waals surface area contributed by atoms with E-state index in [4.69, 9.17) is 0 Å². The average Bonchev–Trinajstić information content (AvgIpc) is 2.94. The number of rotatable bonds is 7. The minimum atomic E-state index is -0.604. The monoisotopic (exact) mass is 307 g/mol. The van der Waals surface area contributed by atoms with Crippen LogP contribution in [0.5, 0.6) is 0 Å². The van der Waals surface area contributed by atoms with Crippen LogP contribution in [0.25, 0.3) is 0 Å². The molecule has 1 aliphatic rings. The molecule has 0 bridgehead atoms. The third-order valence-electron chi connectivity index (χ3n) is 3.49. The van der Waals surface area contributed by atoms with Gasteiger partial charge >= 0.3 is 6.03 Å². The number of imide groups is 1. The highest BCUT2D eigenvalue weighted by Crippen LogP contribution is 2.03. The molecule has 1 fully saturated rings. The first kappa shape index (κ1) is 16.0. The molecule has 3 N–H and O–H groups in total. The lowest BCUT2D eigenvalue weighted by molar-refractivity contribution is -0.122. The topological polar surface area (TPSA) is 105 Å². The summed E-state index contributed by atoms with van der Waals surface area (Å²) in [6, 6.07) is 0.910. The highest BCUT2D eigenvalue weighted by Gasteiger charge is 2.29. The maximum Gasteiger partial charge on any atom is 0.322 e. The zero-order chi connectivity index (χ0) is 16.1. The maximum atomic E-state index is 11.7. The van der Waals surface area contributed by atoms with Crippen LogP contribution in [-0.2, 0) is 16.1 Å². The Labute approximate surface area is 128 Å². The summed E-state index contributed by atoms with van der Waals surface area (Å²) in [6.45, 7) is 5.25. The predicted octanol–water partition coefficient (Wildman–Crippen LogP) is -0.00556. The van der Waals surface area contributed by atoms with Gasteiger partial charge in [0.1, 0.15) is 6.04 Å². The van der Waals surface area contributed by atoms with E-state index in [0.717, 1.165) is 24.4 Å². The Morgan fingerprint density at radius 2 is 2.18 bits per heavy atom. The summed E-state index contributed by atoms with van der Waals surface area (Å²) >= 11 is 0. The van der Waals surface area contributed by atoms with E-state index in [1.165, 1.54) is 0 Å². The van der Waals surface area contributed by atoms with Crippen LogP contribution in [0.4, 0.5) is 4.79 Å². The molecule has 1 saturated heterocycles. The summed E-state index contributed by atoms with van der Waals surface area (Å²) in [7, 11) is 0. The summed E-state index contributed by atoms with van der Waals surface area (Å²) in [5, 5.41) is 11.8. The molecule has 8 nitrogen and oxygen atoms in total. The quantitative estimate of drug-likeness (QED) is 0.487. The van der Waals surface area contributed by atoms with Crippen LogP contribution in [0.2, 0.25) is 0 Å². The summed E-state index contributed by atoms with van der Waals surface area (Å²) in [6.07, 6.45) is 1.30. The van der Waals surface area contributed by atoms with Crippen molar-refractivity contribution >= 4 is 17.8 Å². The van der Waals surface area contributed by atoms with Crippen LogP contribution < -0.4 is 16.0 Å². The molecule has 8 heteroatoms. The van der Waals surface area contributed by atoms with Gasteiger partial charge in [0.2, 0.25) is 5.91 Å². The molecule has 2 rings (SSSR count). The second kappa shape index (κ2) is 7.06. The van der Waals surface area contributed by atoms with Crippen molar-refractivity contribution in [3.63, 3.8) is 0 Å². The lowest BCUT2D eigenvalue weighted by Gasteiger charge is -2.08. The third kappa shape index (κ3) is 4.31. The number of urea groups is 1. The van der Waals surface area contributed by atoms with Gasteiger partial charge in [-0.05, 0) is 32.8 Å². The van der Waals surface area contributed by atoms with Gasteiger partial charge in [0.15, 0.2) is 0 Å². The zero-order valence-corrected chi connectivity index (χ0v) is 12.8. The second-order valence-electron chi connectivity index (χ2n) is 5.41. The van der Waals surface area contributed by atoms with Crippen molar-refractivity contribution in [1.82, 2.24) is 25.7 Å². The number of nitrogens with zero attached hydrogens (tertiary/aromatic N) is 2. The summed E-state index contributed by atoms with van der Waals surface area (Å²) in [4.78, 5) is 33.9. The first-order chi connectivity index (χ1) is 10.5. The summed E-state index contributed by atoms with van der Waals surface area (Å²) in [5.41, 5.74) is 2.09. The van der Waals surface area contributed by atoms with Crippen molar-refractivity contribution in [2.24, 2.45) is 0 Å². The van der Waals surface area contributed by atoms with E-state index in [9.17, 15) is 14.4 Å². The molecular weight excluding hydrogens is 286 g/mol. The fourth-order valence-electron chi connectivity index (χ4n) is 2.38. The Morgan fingerprint density at radius 3 is 2.77 bits per heavy atom. The second-order valence-corrected chi connectivity index (χ2v) is 5.41. The van der Waals surface area contributed by atoms with E-state index in [0.29, 0.717) is 13.0 Å². The Bertz CT molecular complexity index is 581. The minimum Gasteiger partial charge on any atom is -0.356 e. The Hall–Kier alpha value is -2.38. The van der Waals surface area contributed by atoms with Gasteiger partial charge in [-0.15, -0.1) is 0 Å². The van der Waals surface area contributed by atoms with Gasteiger partial charge in [-0.25, -0.2) is 4.79 Å². The van der Waals surface area contributed by atoms with E-state index in [-0.39, 0.29) is 18.2 Å². The normalized spacial score (nSPS) is 17.3. The minimum absolute atomic E-state index is 0.123. The molecule has 0 saturated carbocycles. The highest BCUT2D eigenvalue weighted by molar-refractivity contribution is 6.04. The molecule has 1 atom stereocenters. The molecule has 1 unspecified atom stereocenters. The summed E-state index contributed by atoms with van der Waals surface area (Å²) in [5.74, 6) is -0.496. The van der Waals surface area contributed by atoms with Crippen molar-refractivity contribution in [3.8, 4) is 0 Å². The number of hydrogen-bond donors (Lipinski definition) is 3. The number of nitrogens with one attached hydrogen (secondary N) is 3. The van der Waals surface area contributed by atoms with E-state index >= 15 is 0 Å². The molecule has 22 heavy (non-hydrogen) atoms. The van der Waals surface area contributed by atoms with Crippen LogP contribution >= 0.6 is 0 Å². The fourth-order valence-corrected chi connectivity index (χ4v) is 2.38. The number of hydrogen-bond acceptors (Lipinski definition) is 4. The molecule has 0 spiro atoms. The van der Waals surface area contributed by atoms with Gasteiger partial charge in [-0.2, -0.15) is 5.10 Å². The van der Waals surface area contributed by atoms with E-state index < -0.39 is 12.1 Å². The van der Waals surface area contributed by atoms with Gasteiger partial charge in [-0.1, -0.05) is 0 Å². The number of carbonyl (C=O) groups is 3. The van der Waals surface area contributed by atoms with Gasteiger partial charge in [0, 0.05) is 25.2 Å². The molecule has 120 valence electrons. The van der Waals surface area contributed by atoms with Gasteiger partial charge in [0.05, 0.1) is 5.69 Å². The molecule has 0 aromatic carbocycles. The SMILES string of the molecule is Cc1cc(C)n(CCCNC(=O)CCC2NC(=O)NC2=O)n1. The predicted molar refractivity (Wildman–Crippen MR) is 79.0 cm³/mol. The first-order valence-corrected chi connectivity index (χ1v) is 7.35. The van der Waals surface area contributed by atoms with E-state index in [1.807, 2.05) is 24.6 Å². The van der Waals surface area contributed by atoms with Crippen LogP contribution in [0.3, 0.4) is 0 Å². The number of aryl methyl sites for hydroxylation is 3. The van der Waals surface area contributed by atoms with Crippen molar-refractivity contribution in [1.29, 1.82) is 0 Å². The molecule has 1 aromatic heterocycles. The van der Waals surface area contributed by atoms with Crippen molar-refractivity contribution < 1.29 is 14.4 Å². The average molecular weight is 307 g/mol. The van der Waals surface area contributed by atoms with E-state index in [1.54, 1.807) is 0 Å². The van der Waals surface area contributed by atoms with Crippen LogP contribution in [0, 0.1) is 13.8 Å². The molecular formula is C14H21N5O3. The largest absolute Gasteiger partial charge is 0.356 e. The Morgan fingerprint density at radius 1 is 1.41 bits per heavy atom. The lowest BCUT2D eigenvalue weighted by Crippen LogP contribution is -2.32. The van der Waals surface area contributed by atoms with Crippen LogP contribution in [-0.4, -0.2) is 40.2 Å². The smallest absolute Gasteiger partial charge is 0.322 e. The molecule has 1 aromatic rings. The van der Waals surface area contributed by atoms with Gasteiger partial charge < -0.3 is 10.6 Å².